The second kappa shape index (κ2) is 3.65. The normalized spacial score (nSPS) is 10.5. The number of nitrogens with zero attached hydrogens (tertiary/aromatic N) is 1. The van der Waals surface area contributed by atoms with Crippen molar-refractivity contribution < 1.29 is 14.3 Å². The van der Waals surface area contributed by atoms with Crippen LogP contribution in [0.3, 0.4) is 0 Å². The van der Waals surface area contributed by atoms with Crippen LogP contribution < -0.4 is 0 Å². The third-order valence-electron chi connectivity index (χ3n) is 2.09. The average Bonchev–Trinajstić information content (AvgIpc) is 2.16. The highest BCUT2D eigenvalue weighted by Gasteiger charge is 2.06. The smallest absolute Gasteiger partial charge is 0.307 e. The second-order valence-electron chi connectivity index (χ2n) is 3.22. The Morgan fingerprint density at radius 2 is 2.27 bits per heavy atom. The van der Waals surface area contributed by atoms with Crippen LogP contribution in [0, 0.1) is 5.82 Å². The molecule has 1 N–H and O–H groups in total. The lowest BCUT2D eigenvalue weighted by Gasteiger charge is -2.01. The summed E-state index contributed by atoms with van der Waals surface area (Å²) in [4.78, 5) is 14.5. The molecule has 0 amide bonds. The van der Waals surface area contributed by atoms with Gasteiger partial charge in [-0.05, 0) is 29.8 Å². The van der Waals surface area contributed by atoms with Gasteiger partial charge in [0.1, 0.15) is 5.82 Å². The highest BCUT2D eigenvalue weighted by Crippen LogP contribution is 2.18. The summed E-state index contributed by atoms with van der Waals surface area (Å²) >= 11 is 0. The number of aromatic nitrogens is 1. The third-order valence-corrected chi connectivity index (χ3v) is 2.09. The zero-order valence-corrected chi connectivity index (χ0v) is 7.77. The monoisotopic (exact) mass is 205 g/mol. The van der Waals surface area contributed by atoms with E-state index < -0.39 is 11.8 Å². The zero-order valence-electron chi connectivity index (χ0n) is 7.77. The minimum atomic E-state index is -0.982. The second-order valence-corrected chi connectivity index (χ2v) is 3.22. The predicted molar refractivity (Wildman–Crippen MR) is 53.0 cm³/mol. The summed E-state index contributed by atoms with van der Waals surface area (Å²) in [5, 5.41) is 9.00. The highest BCUT2D eigenvalue weighted by atomic mass is 19.1. The molecule has 0 spiro atoms. The number of carbonyl (C=O) groups is 1. The summed E-state index contributed by atoms with van der Waals surface area (Å²) in [6.45, 7) is 0. The number of aliphatic carboxylic acids is 1. The minimum Gasteiger partial charge on any atom is -0.481 e. The average molecular weight is 205 g/mol. The fourth-order valence-electron chi connectivity index (χ4n) is 1.47. The molecule has 1 heterocycles. The van der Waals surface area contributed by atoms with Crippen LogP contribution in [0.15, 0.2) is 30.5 Å². The molecule has 0 saturated carbocycles. The van der Waals surface area contributed by atoms with Crippen molar-refractivity contribution in [2.45, 2.75) is 6.42 Å². The first-order chi connectivity index (χ1) is 7.16. The molecule has 0 fully saturated rings. The van der Waals surface area contributed by atoms with Crippen LogP contribution in [0.5, 0.6) is 0 Å². The van der Waals surface area contributed by atoms with Gasteiger partial charge in [-0.2, -0.15) is 0 Å². The number of hydrogen-bond donors (Lipinski definition) is 1. The Labute approximate surface area is 85.2 Å². The molecule has 0 saturated heterocycles. The number of rotatable bonds is 2. The fourth-order valence-corrected chi connectivity index (χ4v) is 1.47. The van der Waals surface area contributed by atoms with Crippen molar-refractivity contribution in [1.82, 2.24) is 4.98 Å². The van der Waals surface area contributed by atoms with Gasteiger partial charge in [0, 0.05) is 11.6 Å². The first-order valence-corrected chi connectivity index (χ1v) is 4.42. The lowest BCUT2D eigenvalue weighted by molar-refractivity contribution is -0.136. The van der Waals surface area contributed by atoms with Crippen molar-refractivity contribution >= 4 is 16.9 Å². The van der Waals surface area contributed by atoms with Crippen LogP contribution >= 0.6 is 0 Å². The maximum atomic E-state index is 13.5. The molecular formula is C11H8FNO2. The molecule has 2 rings (SSSR count). The van der Waals surface area contributed by atoms with Gasteiger partial charge in [0.25, 0.3) is 0 Å². The fraction of sp³-hybridized carbons (Fsp3) is 0.0909. The van der Waals surface area contributed by atoms with Gasteiger partial charge in [-0.3, -0.25) is 9.78 Å². The Kier molecular flexibility index (Phi) is 2.33. The van der Waals surface area contributed by atoms with Crippen molar-refractivity contribution in [2.75, 3.05) is 0 Å². The highest BCUT2D eigenvalue weighted by molar-refractivity contribution is 5.81. The standard InChI is InChI=1S/C11H8FNO2/c12-9-4-7(6-11(14)15)5-10-8(9)2-1-3-13-10/h1-5H,6H2,(H,14,15). The van der Waals surface area contributed by atoms with Crippen molar-refractivity contribution in [3.8, 4) is 0 Å². The third kappa shape index (κ3) is 1.93. The van der Waals surface area contributed by atoms with Crippen molar-refractivity contribution in [3.05, 3.63) is 41.8 Å². The van der Waals surface area contributed by atoms with Gasteiger partial charge in [-0.1, -0.05) is 0 Å². The van der Waals surface area contributed by atoms with E-state index in [9.17, 15) is 9.18 Å². The summed E-state index contributed by atoms with van der Waals surface area (Å²) < 4.78 is 13.5. The molecule has 0 aliphatic rings. The Morgan fingerprint density at radius 1 is 1.47 bits per heavy atom. The van der Waals surface area contributed by atoms with E-state index in [1.807, 2.05) is 0 Å². The van der Waals surface area contributed by atoms with Gasteiger partial charge < -0.3 is 5.11 Å². The number of pyridine rings is 1. The van der Waals surface area contributed by atoms with Crippen LogP contribution in [-0.2, 0) is 11.2 Å². The molecule has 0 aliphatic heterocycles. The topological polar surface area (TPSA) is 50.2 Å². The minimum absolute atomic E-state index is 0.191. The number of hydrogen-bond acceptors (Lipinski definition) is 2. The van der Waals surface area contributed by atoms with E-state index in [1.165, 1.54) is 6.07 Å². The van der Waals surface area contributed by atoms with Crippen LogP contribution in [0.1, 0.15) is 5.56 Å². The molecule has 0 unspecified atom stereocenters. The SMILES string of the molecule is O=C(O)Cc1cc(F)c2cccnc2c1. The molecule has 0 bridgehead atoms. The summed E-state index contributed by atoms with van der Waals surface area (Å²) in [5.74, 6) is -1.42. The molecule has 0 radical (unpaired) electrons. The summed E-state index contributed by atoms with van der Waals surface area (Å²) in [7, 11) is 0. The van der Waals surface area contributed by atoms with Crippen LogP contribution in [-0.4, -0.2) is 16.1 Å². The molecule has 4 heteroatoms. The maximum Gasteiger partial charge on any atom is 0.307 e. The Morgan fingerprint density at radius 3 is 3.00 bits per heavy atom. The molecule has 15 heavy (non-hydrogen) atoms. The first-order valence-electron chi connectivity index (χ1n) is 4.42. The molecule has 1 aromatic heterocycles. The van der Waals surface area contributed by atoms with E-state index in [2.05, 4.69) is 4.98 Å². The van der Waals surface area contributed by atoms with Gasteiger partial charge >= 0.3 is 5.97 Å². The van der Waals surface area contributed by atoms with Gasteiger partial charge in [0.2, 0.25) is 0 Å². The van der Waals surface area contributed by atoms with E-state index in [1.54, 1.807) is 24.4 Å². The van der Waals surface area contributed by atoms with E-state index in [4.69, 9.17) is 5.11 Å². The summed E-state index contributed by atoms with van der Waals surface area (Å²) in [6, 6.07) is 6.08. The van der Waals surface area contributed by atoms with Crippen LogP contribution in [0.25, 0.3) is 10.9 Å². The van der Waals surface area contributed by atoms with E-state index in [-0.39, 0.29) is 6.42 Å². The zero-order chi connectivity index (χ0) is 10.8. The van der Waals surface area contributed by atoms with Gasteiger partial charge in [0.15, 0.2) is 0 Å². The van der Waals surface area contributed by atoms with E-state index in [0.717, 1.165) is 0 Å². The Hall–Kier alpha value is -1.97. The van der Waals surface area contributed by atoms with Crippen molar-refractivity contribution in [1.29, 1.82) is 0 Å². The van der Waals surface area contributed by atoms with E-state index >= 15 is 0 Å². The number of carboxylic acids is 1. The van der Waals surface area contributed by atoms with Gasteiger partial charge in [-0.15, -0.1) is 0 Å². The van der Waals surface area contributed by atoms with E-state index in [0.29, 0.717) is 16.5 Å². The molecule has 76 valence electrons. The largest absolute Gasteiger partial charge is 0.481 e. The predicted octanol–water partition coefficient (Wildman–Crippen LogP) is 2.00. The van der Waals surface area contributed by atoms with Crippen molar-refractivity contribution in [3.63, 3.8) is 0 Å². The quantitative estimate of drug-likeness (QED) is 0.815. The summed E-state index contributed by atoms with van der Waals surface area (Å²) in [6.07, 6.45) is 1.36. The lowest BCUT2D eigenvalue weighted by Crippen LogP contribution is -2.00. The molecule has 0 atom stereocenters. The number of fused-ring (bicyclic) bond motifs is 1. The molecule has 1 aromatic carbocycles. The number of halogens is 1. The van der Waals surface area contributed by atoms with Crippen LogP contribution in [0.4, 0.5) is 4.39 Å². The molecule has 3 nitrogen and oxygen atoms in total. The molecule has 2 aromatic rings. The molecule has 0 aliphatic carbocycles. The first kappa shape index (κ1) is 9.58. The molecular weight excluding hydrogens is 197 g/mol. The van der Waals surface area contributed by atoms with Crippen LogP contribution in [0.2, 0.25) is 0 Å². The maximum absolute atomic E-state index is 13.5. The number of carboxylic acid groups (broad SMARTS) is 1. The van der Waals surface area contributed by atoms with Crippen molar-refractivity contribution in [2.24, 2.45) is 0 Å². The van der Waals surface area contributed by atoms with Gasteiger partial charge in [0.05, 0.1) is 11.9 Å². The Balaban J connectivity index is 2.57. The Bertz CT molecular complexity index is 525. The lowest BCUT2D eigenvalue weighted by atomic mass is 10.1. The number of benzene rings is 1. The van der Waals surface area contributed by atoms with Gasteiger partial charge in [-0.25, -0.2) is 4.39 Å². The summed E-state index contributed by atoms with van der Waals surface area (Å²) in [5.41, 5.74) is 0.903.